The lowest BCUT2D eigenvalue weighted by atomic mass is 9.75. The Morgan fingerprint density at radius 1 is 1.38 bits per heavy atom. The van der Waals surface area contributed by atoms with Crippen molar-refractivity contribution >= 4 is 28.2 Å². The van der Waals surface area contributed by atoms with Crippen molar-refractivity contribution < 1.29 is 0 Å². The molecule has 120 valence electrons. The summed E-state index contributed by atoms with van der Waals surface area (Å²) in [6.45, 7) is 8.13. The first-order chi connectivity index (χ1) is 9.91. The Morgan fingerprint density at radius 3 is 2.76 bits per heavy atom. The summed E-state index contributed by atoms with van der Waals surface area (Å²) < 4.78 is 1.10. The summed E-state index contributed by atoms with van der Waals surface area (Å²) in [7, 11) is 4.04. The average Bonchev–Trinajstić information content (AvgIpc) is 2.86. The van der Waals surface area contributed by atoms with Crippen LogP contribution in [0.2, 0.25) is 0 Å². The van der Waals surface area contributed by atoms with Crippen LogP contribution in [-0.4, -0.2) is 42.1 Å². The minimum absolute atomic E-state index is 0.442. The highest BCUT2D eigenvalue weighted by atomic mass is 32.2. The quantitative estimate of drug-likeness (QED) is 0.863. The second-order valence-corrected chi connectivity index (χ2v) is 9.31. The van der Waals surface area contributed by atoms with Crippen LogP contribution in [-0.2, 0) is 0 Å². The van der Waals surface area contributed by atoms with E-state index in [0.29, 0.717) is 16.7 Å². The second-order valence-electron chi connectivity index (χ2n) is 6.87. The standard InChI is InChI=1S/C15H28N4S2/c1-6-9-16-11-7-8-15(2,3)10-12(11)20-14-18-17-13(21-14)19(4)5/h11-12,16H,6-10H2,1-5H3. The molecule has 1 N–H and O–H groups in total. The van der Waals surface area contributed by atoms with Crippen molar-refractivity contribution in [2.24, 2.45) is 5.41 Å². The van der Waals surface area contributed by atoms with E-state index in [1.807, 2.05) is 30.8 Å². The fourth-order valence-corrected chi connectivity index (χ4v) is 5.34. The molecule has 1 saturated carbocycles. The molecule has 0 bridgehead atoms. The van der Waals surface area contributed by atoms with E-state index < -0.39 is 0 Å². The predicted octanol–water partition coefficient (Wildman–Crippen LogP) is 3.64. The molecule has 1 aromatic rings. The highest BCUT2D eigenvalue weighted by molar-refractivity contribution is 8.01. The number of aromatic nitrogens is 2. The number of nitrogens with one attached hydrogen (secondary N) is 1. The van der Waals surface area contributed by atoms with Crippen LogP contribution in [0.4, 0.5) is 5.13 Å². The van der Waals surface area contributed by atoms with Crippen LogP contribution < -0.4 is 10.2 Å². The number of rotatable bonds is 6. The monoisotopic (exact) mass is 328 g/mol. The molecule has 0 aromatic carbocycles. The largest absolute Gasteiger partial charge is 0.353 e. The molecule has 6 heteroatoms. The topological polar surface area (TPSA) is 41.1 Å². The van der Waals surface area contributed by atoms with Crippen molar-refractivity contribution in [1.82, 2.24) is 15.5 Å². The molecule has 2 rings (SSSR count). The van der Waals surface area contributed by atoms with Crippen molar-refractivity contribution in [3.63, 3.8) is 0 Å². The van der Waals surface area contributed by atoms with E-state index in [0.717, 1.165) is 16.0 Å². The van der Waals surface area contributed by atoms with Gasteiger partial charge in [-0.2, -0.15) is 0 Å². The highest BCUT2D eigenvalue weighted by Gasteiger charge is 2.35. The maximum atomic E-state index is 4.36. The Bertz CT molecular complexity index is 445. The Hall–Kier alpha value is -0.330. The molecule has 2 atom stereocenters. The smallest absolute Gasteiger partial charge is 0.208 e. The maximum Gasteiger partial charge on any atom is 0.208 e. The van der Waals surface area contributed by atoms with Crippen molar-refractivity contribution in [2.75, 3.05) is 25.5 Å². The SMILES string of the molecule is CCCNC1CCC(C)(C)CC1Sc1nnc(N(C)C)s1. The Labute approximate surface area is 137 Å². The molecule has 0 amide bonds. The third-order valence-corrected chi connectivity index (χ3v) is 6.53. The Kier molecular flexibility index (Phi) is 5.91. The van der Waals surface area contributed by atoms with Crippen molar-refractivity contribution in [2.45, 2.75) is 62.1 Å². The van der Waals surface area contributed by atoms with E-state index in [1.54, 1.807) is 11.3 Å². The fraction of sp³-hybridized carbons (Fsp3) is 0.867. The molecule has 1 aliphatic rings. The second kappa shape index (κ2) is 7.29. The van der Waals surface area contributed by atoms with E-state index >= 15 is 0 Å². The van der Waals surface area contributed by atoms with Crippen molar-refractivity contribution in [3.05, 3.63) is 0 Å². The summed E-state index contributed by atoms with van der Waals surface area (Å²) >= 11 is 3.62. The van der Waals surface area contributed by atoms with Gasteiger partial charge in [0, 0.05) is 25.4 Å². The molecule has 0 saturated heterocycles. The molecule has 21 heavy (non-hydrogen) atoms. The van der Waals surface area contributed by atoms with Crippen LogP contribution in [0.25, 0.3) is 0 Å². The number of anilines is 1. The number of hydrogen-bond donors (Lipinski definition) is 1. The first-order valence-electron chi connectivity index (χ1n) is 7.82. The van der Waals surface area contributed by atoms with Crippen LogP contribution in [0, 0.1) is 5.41 Å². The minimum Gasteiger partial charge on any atom is -0.353 e. The average molecular weight is 329 g/mol. The lowest BCUT2D eigenvalue weighted by Gasteiger charge is -2.40. The fourth-order valence-electron chi connectivity index (χ4n) is 2.77. The van der Waals surface area contributed by atoms with Crippen LogP contribution in [0.5, 0.6) is 0 Å². The van der Waals surface area contributed by atoms with Gasteiger partial charge in [0.15, 0.2) is 4.34 Å². The molecule has 1 heterocycles. The summed E-state index contributed by atoms with van der Waals surface area (Å²) in [6, 6.07) is 0.606. The Balaban J connectivity index is 2.04. The maximum absolute atomic E-state index is 4.36. The molecule has 1 aliphatic carbocycles. The lowest BCUT2D eigenvalue weighted by Crippen LogP contribution is -2.45. The molecule has 2 unspecified atom stereocenters. The summed E-state index contributed by atoms with van der Waals surface area (Å²) in [5, 5.41) is 13.9. The zero-order valence-corrected chi connectivity index (χ0v) is 15.5. The van der Waals surface area contributed by atoms with Gasteiger partial charge in [-0.15, -0.1) is 10.2 Å². The number of nitrogens with zero attached hydrogens (tertiary/aromatic N) is 3. The summed E-state index contributed by atoms with van der Waals surface area (Å²) in [5.74, 6) is 0. The van der Waals surface area contributed by atoms with Crippen LogP contribution in [0.15, 0.2) is 4.34 Å². The van der Waals surface area contributed by atoms with Gasteiger partial charge in [-0.25, -0.2) is 0 Å². The van der Waals surface area contributed by atoms with Gasteiger partial charge in [0.25, 0.3) is 0 Å². The zero-order chi connectivity index (χ0) is 15.5. The minimum atomic E-state index is 0.442. The number of thioether (sulfide) groups is 1. The molecule has 0 spiro atoms. The van der Waals surface area contributed by atoms with Gasteiger partial charge in [0.2, 0.25) is 5.13 Å². The normalized spacial score (nSPS) is 25.0. The van der Waals surface area contributed by atoms with Crippen molar-refractivity contribution in [1.29, 1.82) is 0 Å². The van der Waals surface area contributed by atoms with Crippen LogP contribution >= 0.6 is 23.1 Å². The van der Waals surface area contributed by atoms with Gasteiger partial charge >= 0.3 is 0 Å². The lowest BCUT2D eigenvalue weighted by molar-refractivity contribution is 0.214. The summed E-state index contributed by atoms with van der Waals surface area (Å²) in [4.78, 5) is 2.03. The molecule has 1 aromatic heterocycles. The molecule has 0 aliphatic heterocycles. The van der Waals surface area contributed by atoms with E-state index in [1.165, 1.54) is 25.7 Å². The predicted molar refractivity (Wildman–Crippen MR) is 93.6 cm³/mol. The van der Waals surface area contributed by atoms with Gasteiger partial charge in [0.05, 0.1) is 0 Å². The van der Waals surface area contributed by atoms with E-state index in [4.69, 9.17) is 0 Å². The molecule has 4 nitrogen and oxygen atoms in total. The van der Waals surface area contributed by atoms with Crippen LogP contribution in [0.1, 0.15) is 46.5 Å². The molecule has 0 radical (unpaired) electrons. The van der Waals surface area contributed by atoms with Gasteiger partial charge in [0.1, 0.15) is 0 Å². The number of hydrogen-bond acceptors (Lipinski definition) is 6. The van der Waals surface area contributed by atoms with E-state index in [2.05, 4.69) is 36.3 Å². The third kappa shape index (κ3) is 4.83. The van der Waals surface area contributed by atoms with Gasteiger partial charge in [-0.3, -0.25) is 0 Å². The van der Waals surface area contributed by atoms with Crippen molar-refractivity contribution in [3.8, 4) is 0 Å². The summed E-state index contributed by atoms with van der Waals surface area (Å²) in [5.41, 5.74) is 0.442. The highest BCUT2D eigenvalue weighted by Crippen LogP contribution is 2.43. The van der Waals surface area contributed by atoms with E-state index in [9.17, 15) is 0 Å². The molecular formula is C15H28N4S2. The first-order valence-corrected chi connectivity index (χ1v) is 9.52. The summed E-state index contributed by atoms with van der Waals surface area (Å²) in [6.07, 6.45) is 5.02. The third-order valence-electron chi connectivity index (χ3n) is 4.02. The first kappa shape index (κ1) is 17.0. The van der Waals surface area contributed by atoms with E-state index in [-0.39, 0.29) is 0 Å². The van der Waals surface area contributed by atoms with Gasteiger partial charge < -0.3 is 10.2 Å². The zero-order valence-electron chi connectivity index (χ0n) is 13.8. The molecular weight excluding hydrogens is 300 g/mol. The van der Waals surface area contributed by atoms with Crippen LogP contribution in [0.3, 0.4) is 0 Å². The Morgan fingerprint density at radius 2 is 2.14 bits per heavy atom. The molecule has 1 fully saturated rings. The van der Waals surface area contributed by atoms with Gasteiger partial charge in [-0.05, 0) is 37.6 Å². The van der Waals surface area contributed by atoms with Gasteiger partial charge in [-0.1, -0.05) is 43.9 Å².